The van der Waals surface area contributed by atoms with Gasteiger partial charge in [0.15, 0.2) is 0 Å². The zero-order chi connectivity index (χ0) is 21.5. The Labute approximate surface area is 185 Å². The van der Waals surface area contributed by atoms with Gasteiger partial charge in [-0.15, -0.1) is 0 Å². The fourth-order valence-electron chi connectivity index (χ4n) is 4.27. The molecular formula is C30H31N. The number of unbranched alkanes of at least 4 members (excludes halogenated alkanes) is 3. The van der Waals surface area contributed by atoms with Gasteiger partial charge in [0.2, 0.25) is 0 Å². The molecular weight excluding hydrogens is 374 g/mol. The molecule has 1 heterocycles. The van der Waals surface area contributed by atoms with E-state index in [0.29, 0.717) is 0 Å². The molecule has 0 bridgehead atoms. The van der Waals surface area contributed by atoms with E-state index in [1.807, 2.05) is 6.08 Å². The number of benzene rings is 4. The van der Waals surface area contributed by atoms with Crippen LogP contribution in [0.5, 0.6) is 0 Å². The molecule has 0 atom stereocenters. The highest BCUT2D eigenvalue weighted by atomic mass is 15.0. The Morgan fingerprint density at radius 2 is 1.29 bits per heavy atom. The number of aromatic nitrogens is 1. The highest BCUT2D eigenvalue weighted by Gasteiger charge is 2.09. The first kappa shape index (κ1) is 20.9. The summed E-state index contributed by atoms with van der Waals surface area (Å²) in [5, 5.41) is 5.32. The molecule has 31 heavy (non-hydrogen) atoms. The van der Waals surface area contributed by atoms with Crippen LogP contribution in [0.25, 0.3) is 38.7 Å². The fraction of sp³-hybridized carbons (Fsp3) is 0.200. The maximum Gasteiger partial charge on any atom is 0.0491 e. The van der Waals surface area contributed by atoms with E-state index < -0.39 is 0 Å². The van der Waals surface area contributed by atoms with Crippen LogP contribution in [0.1, 0.15) is 38.2 Å². The maximum absolute atomic E-state index is 3.89. The van der Waals surface area contributed by atoms with Gasteiger partial charge in [0, 0.05) is 28.4 Å². The zero-order valence-electron chi connectivity index (χ0n) is 18.4. The second kappa shape index (κ2) is 10.1. The largest absolute Gasteiger partial charge is 0.340 e. The molecule has 0 spiro atoms. The van der Waals surface area contributed by atoms with Crippen molar-refractivity contribution in [2.75, 3.05) is 0 Å². The molecule has 0 unspecified atom stereocenters. The van der Waals surface area contributed by atoms with E-state index in [4.69, 9.17) is 0 Å². The normalized spacial score (nSPS) is 10.9. The number of para-hydroxylation sites is 1. The van der Waals surface area contributed by atoms with Gasteiger partial charge in [0.05, 0.1) is 0 Å². The molecule has 0 radical (unpaired) electrons. The van der Waals surface area contributed by atoms with Crippen molar-refractivity contribution >= 4 is 38.7 Å². The number of fused-ring (bicyclic) bond motifs is 4. The minimum absolute atomic E-state index is 1.11. The quantitative estimate of drug-likeness (QED) is 0.249. The molecule has 0 aliphatic rings. The van der Waals surface area contributed by atoms with E-state index in [0.717, 1.165) is 6.54 Å². The molecule has 0 saturated heterocycles. The summed E-state index contributed by atoms with van der Waals surface area (Å²) in [7, 11) is 0. The molecule has 1 nitrogen and oxygen atoms in total. The Kier molecular flexibility index (Phi) is 6.84. The van der Waals surface area contributed by atoms with Crippen molar-refractivity contribution in [3.63, 3.8) is 0 Å². The van der Waals surface area contributed by atoms with E-state index in [1.165, 1.54) is 63.8 Å². The van der Waals surface area contributed by atoms with Crippen molar-refractivity contribution in [3.8, 4) is 0 Å². The molecule has 0 aliphatic heterocycles. The molecule has 0 fully saturated rings. The first-order valence-corrected chi connectivity index (χ1v) is 11.4. The second-order valence-corrected chi connectivity index (χ2v) is 8.06. The van der Waals surface area contributed by atoms with E-state index in [-0.39, 0.29) is 0 Å². The van der Waals surface area contributed by atoms with Gasteiger partial charge < -0.3 is 4.57 Å². The highest BCUT2D eigenvalue weighted by molar-refractivity contribution is 6.08. The minimum atomic E-state index is 1.11. The minimum Gasteiger partial charge on any atom is -0.340 e. The molecule has 4 aromatic carbocycles. The van der Waals surface area contributed by atoms with Gasteiger partial charge in [0.1, 0.15) is 0 Å². The lowest BCUT2D eigenvalue weighted by Crippen LogP contribution is -1.97. The van der Waals surface area contributed by atoms with Gasteiger partial charge in [-0.2, -0.15) is 0 Å². The molecule has 0 N–H and O–H groups in total. The van der Waals surface area contributed by atoms with E-state index in [1.54, 1.807) is 0 Å². The monoisotopic (exact) mass is 405 g/mol. The molecule has 0 saturated carbocycles. The van der Waals surface area contributed by atoms with Crippen molar-refractivity contribution in [1.82, 2.24) is 4.57 Å². The summed E-state index contributed by atoms with van der Waals surface area (Å²) in [4.78, 5) is 0. The molecule has 156 valence electrons. The number of hydrogen-bond donors (Lipinski definition) is 0. The lowest BCUT2D eigenvalue weighted by Gasteiger charge is -2.07. The fourth-order valence-corrected chi connectivity index (χ4v) is 4.27. The summed E-state index contributed by atoms with van der Waals surface area (Å²) in [5.74, 6) is 0. The van der Waals surface area contributed by atoms with Gasteiger partial charge >= 0.3 is 0 Å². The Bertz CT molecular complexity index is 1230. The topological polar surface area (TPSA) is 4.93 Å². The summed E-state index contributed by atoms with van der Waals surface area (Å²) in [6.07, 6.45) is 7.11. The third-order valence-corrected chi connectivity index (χ3v) is 5.93. The van der Waals surface area contributed by atoms with Gasteiger partial charge in [-0.1, -0.05) is 112 Å². The van der Waals surface area contributed by atoms with Gasteiger partial charge in [-0.25, -0.2) is 0 Å². The van der Waals surface area contributed by atoms with Crippen LogP contribution in [0.3, 0.4) is 0 Å². The average molecular weight is 406 g/mol. The lowest BCUT2D eigenvalue weighted by atomic mass is 10.1. The first-order chi connectivity index (χ1) is 15.3. The van der Waals surface area contributed by atoms with Gasteiger partial charge in [-0.3, -0.25) is 0 Å². The Balaban J connectivity index is 0.000000192. The number of hydrogen-bond acceptors (Lipinski definition) is 0. The predicted octanol–water partition coefficient (Wildman–Crippen LogP) is 8.86. The van der Waals surface area contributed by atoms with Gasteiger partial charge in [-0.05, 0) is 41.0 Å². The Morgan fingerprint density at radius 3 is 1.94 bits per heavy atom. The van der Waals surface area contributed by atoms with Crippen LogP contribution in [-0.4, -0.2) is 4.57 Å². The summed E-state index contributed by atoms with van der Waals surface area (Å²) < 4.78 is 2.48. The Hall–Kier alpha value is -3.32. The Morgan fingerprint density at radius 1 is 0.677 bits per heavy atom. The van der Waals surface area contributed by atoms with Crippen molar-refractivity contribution < 1.29 is 0 Å². The van der Waals surface area contributed by atoms with Crippen LogP contribution >= 0.6 is 0 Å². The second-order valence-electron chi connectivity index (χ2n) is 8.06. The number of nitrogens with zero attached hydrogens (tertiary/aromatic N) is 1. The van der Waals surface area contributed by atoms with Crippen molar-refractivity contribution in [1.29, 1.82) is 0 Å². The summed E-state index contributed by atoms with van der Waals surface area (Å²) >= 11 is 0. The SMILES string of the molecule is C=Cc1ccc2c(c1)c1ccccc1n2CCCCCC.c1ccc2ccccc2c1. The maximum atomic E-state index is 3.89. The standard InChI is InChI=1S/C20H23N.C10H8/c1-3-5-6-9-14-21-19-11-8-7-10-17(19)18-15-16(4-2)12-13-20(18)21;1-2-6-10-8-4-3-7-9(10)5-1/h4,7-8,10-13,15H,2-3,5-6,9,14H2,1H3;1-8H. The van der Waals surface area contributed by atoms with Crippen molar-refractivity contribution in [2.45, 2.75) is 39.2 Å². The molecule has 1 heteroatoms. The van der Waals surface area contributed by atoms with Crippen LogP contribution in [0.2, 0.25) is 0 Å². The number of aryl methyl sites for hydroxylation is 1. The van der Waals surface area contributed by atoms with E-state index in [2.05, 4.69) is 109 Å². The molecule has 1 aromatic heterocycles. The highest BCUT2D eigenvalue weighted by Crippen LogP contribution is 2.30. The van der Waals surface area contributed by atoms with Crippen molar-refractivity contribution in [2.24, 2.45) is 0 Å². The molecule has 5 rings (SSSR count). The summed E-state index contributed by atoms with van der Waals surface area (Å²) in [6.45, 7) is 7.26. The third kappa shape index (κ3) is 4.72. The third-order valence-electron chi connectivity index (χ3n) is 5.93. The molecule has 0 amide bonds. The van der Waals surface area contributed by atoms with Crippen LogP contribution < -0.4 is 0 Å². The van der Waals surface area contributed by atoms with Crippen molar-refractivity contribution in [3.05, 3.63) is 103 Å². The number of rotatable bonds is 6. The van der Waals surface area contributed by atoms with E-state index in [9.17, 15) is 0 Å². The van der Waals surface area contributed by atoms with Gasteiger partial charge in [0.25, 0.3) is 0 Å². The zero-order valence-corrected chi connectivity index (χ0v) is 18.4. The van der Waals surface area contributed by atoms with Crippen LogP contribution in [-0.2, 0) is 6.54 Å². The smallest absolute Gasteiger partial charge is 0.0491 e. The molecule has 5 aromatic rings. The van der Waals surface area contributed by atoms with Crippen LogP contribution in [0, 0.1) is 0 Å². The predicted molar refractivity (Wildman–Crippen MR) is 138 cm³/mol. The molecule has 0 aliphatic carbocycles. The van der Waals surface area contributed by atoms with Crippen LogP contribution in [0.4, 0.5) is 0 Å². The first-order valence-electron chi connectivity index (χ1n) is 11.4. The van der Waals surface area contributed by atoms with E-state index >= 15 is 0 Å². The average Bonchev–Trinajstić information content (AvgIpc) is 3.15. The summed E-state index contributed by atoms with van der Waals surface area (Å²) in [6, 6.07) is 32.1. The van der Waals surface area contributed by atoms with Crippen LogP contribution in [0.15, 0.2) is 97.6 Å². The summed E-state index contributed by atoms with van der Waals surface area (Å²) in [5.41, 5.74) is 3.89. The lowest BCUT2D eigenvalue weighted by molar-refractivity contribution is 0.602.